The Morgan fingerprint density at radius 2 is 2.05 bits per heavy atom. The lowest BCUT2D eigenvalue weighted by molar-refractivity contribution is 0.0948. The molecule has 0 fully saturated rings. The van der Waals surface area contributed by atoms with Crippen molar-refractivity contribution in [2.24, 2.45) is 0 Å². The zero-order valence-corrected chi connectivity index (χ0v) is 13.2. The third-order valence-corrected chi connectivity index (χ3v) is 3.53. The topological polar surface area (TPSA) is 45.2 Å². The quantitative estimate of drug-likeness (QED) is 0.659. The average Bonchev–Trinajstić information content (AvgIpc) is 2.46. The monoisotopic (exact) mass is 305 g/mol. The van der Waals surface area contributed by atoms with Gasteiger partial charge >= 0.3 is 0 Å². The van der Waals surface area contributed by atoms with Gasteiger partial charge in [-0.1, -0.05) is 35.9 Å². The molecule has 0 atom stereocenters. The molecule has 0 saturated heterocycles. The van der Waals surface area contributed by atoms with Gasteiger partial charge in [0.05, 0.1) is 0 Å². The number of pyridine rings is 1. The highest BCUT2D eigenvalue weighted by Gasteiger charge is 2.10. The number of aromatic nitrogens is 1. The summed E-state index contributed by atoms with van der Waals surface area (Å²) < 4.78 is 0. The molecule has 0 aliphatic heterocycles. The van der Waals surface area contributed by atoms with Gasteiger partial charge in [-0.2, -0.15) is 0 Å². The number of carbonyl (C=O) groups excluding carboxylic acids is 1. The number of nitrogens with one attached hydrogen (secondary N) is 1. The Labute approximate surface area is 130 Å². The van der Waals surface area contributed by atoms with Crippen molar-refractivity contribution >= 4 is 28.3 Å². The molecule has 5 heteroatoms. The molecule has 112 valence electrons. The minimum Gasteiger partial charge on any atom is -0.351 e. The molecular weight excluding hydrogens is 286 g/mol. The van der Waals surface area contributed by atoms with E-state index in [-0.39, 0.29) is 5.91 Å². The van der Waals surface area contributed by atoms with Crippen LogP contribution in [0.4, 0.5) is 0 Å². The first-order valence-corrected chi connectivity index (χ1v) is 7.44. The third-order valence-electron chi connectivity index (χ3n) is 3.24. The second-order valence-electron chi connectivity index (χ2n) is 5.29. The van der Waals surface area contributed by atoms with E-state index in [0.717, 1.165) is 30.2 Å². The van der Waals surface area contributed by atoms with E-state index in [0.29, 0.717) is 17.4 Å². The van der Waals surface area contributed by atoms with Gasteiger partial charge in [0.15, 0.2) is 0 Å². The number of fused-ring (bicyclic) bond motifs is 1. The van der Waals surface area contributed by atoms with Crippen molar-refractivity contribution in [2.75, 3.05) is 27.2 Å². The molecule has 0 radical (unpaired) electrons. The molecule has 4 nitrogen and oxygen atoms in total. The molecule has 0 bridgehead atoms. The van der Waals surface area contributed by atoms with Crippen LogP contribution in [0, 0.1) is 0 Å². The van der Waals surface area contributed by atoms with Crippen molar-refractivity contribution in [2.45, 2.75) is 12.8 Å². The van der Waals surface area contributed by atoms with Crippen LogP contribution < -0.4 is 5.32 Å². The summed E-state index contributed by atoms with van der Waals surface area (Å²) >= 11 is 6.13. The van der Waals surface area contributed by atoms with Crippen LogP contribution in [-0.2, 0) is 0 Å². The maximum Gasteiger partial charge on any atom is 0.269 e. The molecule has 0 spiro atoms. The first kappa shape index (κ1) is 15.7. The summed E-state index contributed by atoms with van der Waals surface area (Å²) in [6.45, 7) is 1.68. The first-order valence-electron chi connectivity index (χ1n) is 7.06. The standard InChI is InChI=1S/C16H20ClN3O/c1-20(2)10-6-5-9-18-16(21)14-11-12-7-3-4-8-13(12)15(17)19-14/h3-4,7-8,11H,5-6,9-10H2,1-2H3,(H,18,21). The van der Waals surface area contributed by atoms with Gasteiger partial charge in [0, 0.05) is 11.9 Å². The summed E-state index contributed by atoms with van der Waals surface area (Å²) in [7, 11) is 4.08. The molecule has 0 unspecified atom stereocenters. The molecule has 2 aromatic rings. The number of carbonyl (C=O) groups is 1. The zero-order valence-electron chi connectivity index (χ0n) is 12.4. The Morgan fingerprint density at radius 1 is 1.29 bits per heavy atom. The summed E-state index contributed by atoms with van der Waals surface area (Å²) in [5, 5.41) is 5.04. The number of amides is 1. The normalized spacial score (nSPS) is 11.0. The predicted molar refractivity (Wildman–Crippen MR) is 86.9 cm³/mol. The highest BCUT2D eigenvalue weighted by Crippen LogP contribution is 2.22. The fraction of sp³-hybridized carbons (Fsp3) is 0.375. The lowest BCUT2D eigenvalue weighted by Gasteiger charge is -2.09. The van der Waals surface area contributed by atoms with E-state index in [4.69, 9.17) is 11.6 Å². The second kappa shape index (κ2) is 7.38. The van der Waals surface area contributed by atoms with E-state index in [1.807, 2.05) is 38.4 Å². The third kappa shape index (κ3) is 4.41. The number of hydrogen-bond acceptors (Lipinski definition) is 3. The van der Waals surface area contributed by atoms with Gasteiger partial charge in [-0.3, -0.25) is 4.79 Å². The van der Waals surface area contributed by atoms with E-state index in [2.05, 4.69) is 15.2 Å². The Bertz CT molecular complexity index is 628. The second-order valence-corrected chi connectivity index (χ2v) is 5.64. The lowest BCUT2D eigenvalue weighted by Crippen LogP contribution is -2.26. The van der Waals surface area contributed by atoms with Crippen LogP contribution in [0.1, 0.15) is 23.3 Å². The molecule has 1 aromatic heterocycles. The van der Waals surface area contributed by atoms with E-state index in [9.17, 15) is 4.79 Å². The van der Waals surface area contributed by atoms with Crippen molar-refractivity contribution in [3.63, 3.8) is 0 Å². The molecule has 0 saturated carbocycles. The Balaban J connectivity index is 1.96. The summed E-state index contributed by atoms with van der Waals surface area (Å²) in [5.74, 6) is -0.174. The van der Waals surface area contributed by atoms with Gasteiger partial charge in [-0.15, -0.1) is 0 Å². The Morgan fingerprint density at radius 3 is 2.81 bits per heavy atom. The van der Waals surface area contributed by atoms with Crippen LogP contribution in [0.5, 0.6) is 0 Å². The van der Waals surface area contributed by atoms with Crippen LogP contribution >= 0.6 is 11.6 Å². The number of hydrogen-bond donors (Lipinski definition) is 1. The number of unbranched alkanes of at least 4 members (excludes halogenated alkanes) is 1. The van der Waals surface area contributed by atoms with Gasteiger partial charge in [-0.05, 0) is 44.9 Å². The number of halogens is 1. The van der Waals surface area contributed by atoms with E-state index in [1.54, 1.807) is 6.07 Å². The number of nitrogens with zero attached hydrogens (tertiary/aromatic N) is 2. The molecule has 0 aliphatic carbocycles. The molecular formula is C16H20ClN3O. The highest BCUT2D eigenvalue weighted by atomic mass is 35.5. The van der Waals surface area contributed by atoms with Crippen molar-refractivity contribution in [3.05, 3.63) is 41.2 Å². The van der Waals surface area contributed by atoms with Crippen LogP contribution in [0.2, 0.25) is 5.15 Å². The fourth-order valence-corrected chi connectivity index (χ4v) is 2.38. The smallest absolute Gasteiger partial charge is 0.269 e. The zero-order chi connectivity index (χ0) is 15.2. The Kier molecular flexibility index (Phi) is 5.53. The maximum atomic E-state index is 12.1. The van der Waals surface area contributed by atoms with E-state index >= 15 is 0 Å². The van der Waals surface area contributed by atoms with Crippen molar-refractivity contribution in [1.82, 2.24) is 15.2 Å². The fourth-order valence-electron chi connectivity index (χ4n) is 2.12. The SMILES string of the molecule is CN(C)CCCCNC(=O)c1cc2ccccc2c(Cl)n1. The largest absolute Gasteiger partial charge is 0.351 e. The molecule has 1 heterocycles. The lowest BCUT2D eigenvalue weighted by atomic mass is 10.1. The highest BCUT2D eigenvalue weighted by molar-refractivity contribution is 6.34. The van der Waals surface area contributed by atoms with Crippen LogP contribution in [0.15, 0.2) is 30.3 Å². The van der Waals surface area contributed by atoms with Crippen molar-refractivity contribution in [1.29, 1.82) is 0 Å². The molecule has 0 aliphatic rings. The maximum absolute atomic E-state index is 12.1. The Hall–Kier alpha value is -1.65. The van der Waals surface area contributed by atoms with Crippen LogP contribution in [0.25, 0.3) is 10.8 Å². The van der Waals surface area contributed by atoms with Gasteiger partial charge in [0.1, 0.15) is 10.8 Å². The van der Waals surface area contributed by atoms with Crippen LogP contribution in [0.3, 0.4) is 0 Å². The predicted octanol–water partition coefficient (Wildman–Crippen LogP) is 2.96. The average molecular weight is 306 g/mol. The molecule has 2 rings (SSSR count). The van der Waals surface area contributed by atoms with Gasteiger partial charge < -0.3 is 10.2 Å². The minimum atomic E-state index is -0.174. The first-order chi connectivity index (χ1) is 10.1. The summed E-state index contributed by atoms with van der Waals surface area (Å²) in [5.41, 5.74) is 0.367. The number of rotatable bonds is 6. The van der Waals surface area contributed by atoms with Crippen LogP contribution in [-0.4, -0.2) is 43.0 Å². The number of benzene rings is 1. The molecule has 1 N–H and O–H groups in total. The van der Waals surface area contributed by atoms with Gasteiger partial charge in [0.2, 0.25) is 0 Å². The molecule has 1 aromatic carbocycles. The van der Waals surface area contributed by atoms with Crippen molar-refractivity contribution in [3.8, 4) is 0 Å². The summed E-state index contributed by atoms with van der Waals surface area (Å²) in [6.07, 6.45) is 2.00. The molecule has 21 heavy (non-hydrogen) atoms. The summed E-state index contributed by atoms with van der Waals surface area (Å²) in [4.78, 5) is 18.4. The molecule has 1 amide bonds. The minimum absolute atomic E-state index is 0.174. The van der Waals surface area contributed by atoms with Gasteiger partial charge in [0.25, 0.3) is 5.91 Å². The van der Waals surface area contributed by atoms with Crippen molar-refractivity contribution < 1.29 is 4.79 Å². The summed E-state index contributed by atoms with van der Waals surface area (Å²) in [6, 6.07) is 9.42. The van der Waals surface area contributed by atoms with E-state index < -0.39 is 0 Å². The van der Waals surface area contributed by atoms with E-state index in [1.165, 1.54) is 0 Å². The van der Waals surface area contributed by atoms with Gasteiger partial charge in [-0.25, -0.2) is 4.98 Å².